The van der Waals surface area contributed by atoms with E-state index in [9.17, 15) is 0 Å². The molecule has 2 aromatic carbocycles. The number of rotatable bonds is 1. The summed E-state index contributed by atoms with van der Waals surface area (Å²) in [7, 11) is 0. The Kier molecular flexibility index (Phi) is 3.25. The van der Waals surface area contributed by atoms with Crippen molar-refractivity contribution in [1.82, 2.24) is 0 Å². The van der Waals surface area contributed by atoms with Gasteiger partial charge in [0.05, 0.1) is 4.53 Å². The van der Waals surface area contributed by atoms with Crippen LogP contribution in [0.4, 0.5) is 5.69 Å². The van der Waals surface area contributed by atoms with Gasteiger partial charge in [-0.2, -0.15) is 0 Å². The third-order valence-electron chi connectivity index (χ3n) is 6.69. The van der Waals surface area contributed by atoms with Crippen LogP contribution >= 0.6 is 11.3 Å². The lowest BCUT2D eigenvalue weighted by Crippen LogP contribution is -2.37. The number of fused-ring (bicyclic) bond motifs is 6. The van der Waals surface area contributed by atoms with E-state index in [0.717, 1.165) is 6.42 Å². The van der Waals surface area contributed by atoms with Gasteiger partial charge in [0.15, 0.2) is 0 Å². The predicted octanol–water partition coefficient (Wildman–Crippen LogP) is 4.97. The molecule has 0 spiro atoms. The van der Waals surface area contributed by atoms with Crippen LogP contribution in [-0.2, 0) is 18.3 Å². The lowest BCUT2D eigenvalue weighted by atomic mass is 9.76. The standard InChI is InChI=1S/C25H23NS/c1-25-14-13-19-18-9-5-6-10-22(18)27-23(19)24(25)26-21-15-17(11-12-20(21)25)16-7-3-2-4-8-16/h2-4,7-8,11-13,15,26H,5-6,9-10,14H2,1H3. The second kappa shape index (κ2) is 5.59. The van der Waals surface area contributed by atoms with Crippen molar-refractivity contribution in [2.24, 2.45) is 0 Å². The number of nitrogens with one attached hydrogen (secondary N) is 1. The van der Waals surface area contributed by atoms with E-state index in [1.165, 1.54) is 58.3 Å². The molecule has 6 rings (SSSR count). The second-order valence-electron chi connectivity index (χ2n) is 8.32. The van der Waals surface area contributed by atoms with E-state index in [4.69, 9.17) is 0 Å². The Bertz CT molecular complexity index is 1190. The highest BCUT2D eigenvalue weighted by Crippen LogP contribution is 2.48. The van der Waals surface area contributed by atoms with Crippen LogP contribution in [0.3, 0.4) is 0 Å². The van der Waals surface area contributed by atoms with Crippen LogP contribution in [0.1, 0.15) is 42.2 Å². The van der Waals surface area contributed by atoms with E-state index in [1.54, 1.807) is 15.7 Å². The second-order valence-corrected chi connectivity index (χ2v) is 9.43. The van der Waals surface area contributed by atoms with E-state index in [1.807, 2.05) is 0 Å². The highest BCUT2D eigenvalue weighted by molar-refractivity contribution is 7.10. The summed E-state index contributed by atoms with van der Waals surface area (Å²) in [6.07, 6.45) is 8.88. The van der Waals surface area contributed by atoms with Crippen LogP contribution in [0.2, 0.25) is 0 Å². The SMILES string of the molecule is CC12CC=c3c4c(sc3=C1Nc1cc(-c3ccccc3)ccc12)CCCC4. The molecule has 0 bridgehead atoms. The zero-order chi connectivity index (χ0) is 18.0. The van der Waals surface area contributed by atoms with Gasteiger partial charge in [-0.25, -0.2) is 0 Å². The quantitative estimate of drug-likeness (QED) is 0.639. The van der Waals surface area contributed by atoms with Crippen LogP contribution in [0.15, 0.2) is 48.5 Å². The van der Waals surface area contributed by atoms with Gasteiger partial charge in [-0.15, -0.1) is 11.3 Å². The normalized spacial score (nSPS) is 22.2. The molecule has 1 unspecified atom stereocenters. The summed E-state index contributed by atoms with van der Waals surface area (Å²) in [6, 6.07) is 17.7. The van der Waals surface area contributed by atoms with Crippen molar-refractivity contribution in [1.29, 1.82) is 0 Å². The molecule has 0 radical (unpaired) electrons. The van der Waals surface area contributed by atoms with Gasteiger partial charge >= 0.3 is 0 Å². The van der Waals surface area contributed by atoms with Gasteiger partial charge in [-0.1, -0.05) is 48.5 Å². The molecule has 2 heterocycles. The Morgan fingerprint density at radius 1 is 0.963 bits per heavy atom. The summed E-state index contributed by atoms with van der Waals surface area (Å²) in [5.41, 5.74) is 8.50. The van der Waals surface area contributed by atoms with Gasteiger partial charge in [0, 0.05) is 21.7 Å². The van der Waals surface area contributed by atoms with E-state index >= 15 is 0 Å². The lowest BCUT2D eigenvalue weighted by molar-refractivity contribution is 0.648. The fourth-order valence-electron chi connectivity index (χ4n) is 5.16. The van der Waals surface area contributed by atoms with Gasteiger partial charge in [0.25, 0.3) is 0 Å². The first-order valence-electron chi connectivity index (χ1n) is 10.1. The number of thiophene rings is 1. The minimum absolute atomic E-state index is 0.0883. The molecular weight excluding hydrogens is 346 g/mol. The maximum atomic E-state index is 3.86. The number of anilines is 1. The Balaban J connectivity index is 1.54. The van der Waals surface area contributed by atoms with Crippen LogP contribution in [0, 0.1) is 0 Å². The van der Waals surface area contributed by atoms with Gasteiger partial charge < -0.3 is 5.32 Å². The van der Waals surface area contributed by atoms with Gasteiger partial charge in [-0.3, -0.25) is 0 Å². The average Bonchev–Trinajstić information content (AvgIpc) is 3.23. The molecule has 0 amide bonds. The molecule has 1 atom stereocenters. The Hall–Kier alpha value is -2.32. The van der Waals surface area contributed by atoms with Gasteiger partial charge in [0.2, 0.25) is 0 Å². The molecular formula is C25H23NS. The molecule has 0 fully saturated rings. The molecule has 3 aromatic rings. The summed E-state index contributed by atoms with van der Waals surface area (Å²) in [5, 5.41) is 5.41. The fourth-order valence-corrected chi connectivity index (χ4v) is 6.69. The minimum Gasteiger partial charge on any atom is -0.357 e. The topological polar surface area (TPSA) is 12.0 Å². The first-order chi connectivity index (χ1) is 13.2. The van der Waals surface area contributed by atoms with Gasteiger partial charge in [0.1, 0.15) is 0 Å². The minimum atomic E-state index is 0.0883. The first kappa shape index (κ1) is 15.7. The Morgan fingerprint density at radius 2 is 1.81 bits per heavy atom. The van der Waals surface area contributed by atoms with Crippen molar-refractivity contribution < 1.29 is 0 Å². The van der Waals surface area contributed by atoms with E-state index in [0.29, 0.717) is 0 Å². The Labute approximate surface area is 164 Å². The molecule has 3 aliphatic rings. The fraction of sp³-hybridized carbons (Fsp3) is 0.280. The molecule has 2 aliphatic carbocycles. The molecule has 27 heavy (non-hydrogen) atoms. The molecule has 1 aliphatic heterocycles. The highest BCUT2D eigenvalue weighted by Gasteiger charge is 2.41. The smallest absolute Gasteiger partial charge is 0.0547 e. The van der Waals surface area contributed by atoms with Crippen LogP contribution < -0.4 is 15.1 Å². The van der Waals surface area contributed by atoms with Crippen LogP contribution in [0.25, 0.3) is 22.9 Å². The average molecular weight is 370 g/mol. The monoisotopic (exact) mass is 369 g/mol. The summed E-state index contributed by atoms with van der Waals surface area (Å²) in [5.74, 6) is 0. The van der Waals surface area contributed by atoms with Gasteiger partial charge in [-0.05, 0) is 72.6 Å². The molecule has 0 saturated heterocycles. The zero-order valence-corrected chi connectivity index (χ0v) is 16.5. The maximum absolute atomic E-state index is 3.86. The van der Waals surface area contributed by atoms with Crippen molar-refractivity contribution >= 4 is 28.8 Å². The zero-order valence-electron chi connectivity index (χ0n) is 15.6. The molecule has 134 valence electrons. The van der Waals surface area contributed by atoms with Crippen LogP contribution in [0.5, 0.6) is 0 Å². The maximum Gasteiger partial charge on any atom is 0.0547 e. The van der Waals surface area contributed by atoms with Crippen molar-refractivity contribution in [2.75, 3.05) is 5.32 Å². The number of aryl methyl sites for hydroxylation is 1. The molecule has 1 N–H and O–H groups in total. The van der Waals surface area contributed by atoms with Crippen molar-refractivity contribution in [2.45, 2.75) is 44.4 Å². The van der Waals surface area contributed by atoms with E-state index in [-0.39, 0.29) is 5.41 Å². The predicted molar refractivity (Wildman–Crippen MR) is 116 cm³/mol. The van der Waals surface area contributed by atoms with E-state index in [2.05, 4.69) is 78.2 Å². The third kappa shape index (κ3) is 2.17. The lowest BCUT2D eigenvalue weighted by Gasteiger charge is -2.27. The van der Waals surface area contributed by atoms with Crippen LogP contribution in [-0.4, -0.2) is 0 Å². The summed E-state index contributed by atoms with van der Waals surface area (Å²) in [4.78, 5) is 1.64. The van der Waals surface area contributed by atoms with Crippen molar-refractivity contribution in [3.05, 3.63) is 74.3 Å². The summed E-state index contributed by atoms with van der Waals surface area (Å²) >= 11 is 2.05. The first-order valence-corrected chi connectivity index (χ1v) is 10.9. The molecule has 1 nitrogen and oxygen atoms in total. The third-order valence-corrected chi connectivity index (χ3v) is 8.01. The summed E-state index contributed by atoms with van der Waals surface area (Å²) < 4.78 is 1.51. The van der Waals surface area contributed by atoms with Crippen molar-refractivity contribution in [3.63, 3.8) is 0 Å². The van der Waals surface area contributed by atoms with E-state index < -0.39 is 0 Å². The number of hydrogen-bond donors (Lipinski definition) is 1. The largest absolute Gasteiger partial charge is 0.357 e. The number of hydrogen-bond acceptors (Lipinski definition) is 2. The molecule has 2 heteroatoms. The molecule has 0 saturated carbocycles. The molecule has 1 aromatic heterocycles. The van der Waals surface area contributed by atoms with Crippen molar-refractivity contribution in [3.8, 4) is 11.1 Å². The highest BCUT2D eigenvalue weighted by atomic mass is 32.1. The Morgan fingerprint density at radius 3 is 2.70 bits per heavy atom. The number of benzene rings is 2. The summed E-state index contributed by atoms with van der Waals surface area (Å²) in [6.45, 7) is 2.42.